The largest absolute Gasteiger partial charge is 0.424 e. The lowest BCUT2D eigenvalue weighted by atomic mass is 10.1. The van der Waals surface area contributed by atoms with Crippen molar-refractivity contribution in [2.75, 3.05) is 0 Å². The van der Waals surface area contributed by atoms with Gasteiger partial charge in [0.05, 0.1) is 0 Å². The summed E-state index contributed by atoms with van der Waals surface area (Å²) in [5.74, 6) is 0. The maximum absolute atomic E-state index is 14.1. The number of alkyl halides is 5. The van der Waals surface area contributed by atoms with Gasteiger partial charge in [0.2, 0.25) is 4.33 Å². The van der Waals surface area contributed by atoms with Gasteiger partial charge in [-0.3, -0.25) is 4.57 Å². The van der Waals surface area contributed by atoms with E-state index in [2.05, 4.69) is 0 Å². The molecule has 0 aromatic heterocycles. The summed E-state index contributed by atoms with van der Waals surface area (Å²) >= 11 is 11.6. The molecule has 0 unspecified atom stereocenters. The Balaban J connectivity index is 2.18. The second-order valence-electron chi connectivity index (χ2n) is 6.24. The highest BCUT2D eigenvalue weighted by Gasteiger charge is 2.60. The van der Waals surface area contributed by atoms with Crippen molar-refractivity contribution in [2.24, 2.45) is 0 Å². The first-order valence-electron chi connectivity index (χ1n) is 8.55. The standard InChI is InChI=1S/C21H16Cl2F3O2P/c22-20(23,21(24,25)26)19(16-10-4-1-5-11-16)28-29(27,17-12-6-2-7-13-17)18-14-8-3-9-15-18/h1-15,19H/t19-/m1/s1. The number of hydrogen-bond donors (Lipinski definition) is 0. The third-order valence-corrected chi connectivity index (χ3v) is 7.54. The lowest BCUT2D eigenvalue weighted by Crippen LogP contribution is -2.41. The highest BCUT2D eigenvalue weighted by molar-refractivity contribution is 7.74. The van der Waals surface area contributed by atoms with Crippen molar-refractivity contribution in [1.82, 2.24) is 0 Å². The van der Waals surface area contributed by atoms with Gasteiger partial charge in [-0.05, 0) is 29.8 Å². The van der Waals surface area contributed by atoms with Gasteiger partial charge in [0.25, 0.3) is 7.37 Å². The molecule has 0 aliphatic carbocycles. The minimum absolute atomic E-state index is 0.0573. The summed E-state index contributed by atoms with van der Waals surface area (Å²) in [5, 5.41) is 0.469. The SMILES string of the molecule is O=P(O[C@H](c1ccccc1)C(Cl)(Cl)C(F)(F)F)(c1ccccc1)c1ccccc1. The molecule has 0 radical (unpaired) electrons. The van der Waals surface area contributed by atoms with Crippen LogP contribution in [-0.4, -0.2) is 10.5 Å². The second kappa shape index (κ2) is 8.53. The molecule has 0 aliphatic rings. The van der Waals surface area contributed by atoms with E-state index in [9.17, 15) is 17.7 Å². The van der Waals surface area contributed by atoms with Crippen molar-refractivity contribution in [3.8, 4) is 0 Å². The third kappa shape index (κ3) is 4.54. The number of halogens is 5. The first kappa shape index (κ1) is 21.9. The molecule has 3 aromatic rings. The first-order valence-corrected chi connectivity index (χ1v) is 10.9. The van der Waals surface area contributed by atoms with Gasteiger partial charge in [0, 0.05) is 10.6 Å². The summed E-state index contributed by atoms with van der Waals surface area (Å²) in [6, 6.07) is 23.6. The molecule has 0 bridgehead atoms. The van der Waals surface area contributed by atoms with Gasteiger partial charge in [0.1, 0.15) is 6.10 Å². The Kier molecular flexibility index (Phi) is 6.45. The first-order chi connectivity index (χ1) is 13.7. The molecule has 0 fully saturated rings. The van der Waals surface area contributed by atoms with Crippen LogP contribution >= 0.6 is 30.6 Å². The van der Waals surface area contributed by atoms with E-state index in [1.165, 1.54) is 48.5 Å². The maximum atomic E-state index is 14.1. The van der Waals surface area contributed by atoms with Crippen LogP contribution in [0.2, 0.25) is 0 Å². The molecule has 0 spiro atoms. The third-order valence-electron chi connectivity index (χ3n) is 4.26. The van der Waals surface area contributed by atoms with Crippen LogP contribution in [0.15, 0.2) is 91.0 Å². The van der Waals surface area contributed by atoms with Crippen LogP contribution < -0.4 is 10.6 Å². The molecule has 3 rings (SSSR count). The summed E-state index contributed by atoms with van der Waals surface area (Å²) in [5.41, 5.74) is 0.0573. The van der Waals surface area contributed by atoms with Crippen LogP contribution in [0.25, 0.3) is 0 Å². The van der Waals surface area contributed by atoms with Gasteiger partial charge in [0.15, 0.2) is 0 Å². The molecule has 3 aromatic carbocycles. The fraction of sp³-hybridized carbons (Fsp3) is 0.143. The Morgan fingerprint density at radius 1 is 0.724 bits per heavy atom. The Morgan fingerprint density at radius 3 is 1.48 bits per heavy atom. The molecule has 8 heteroatoms. The van der Waals surface area contributed by atoms with Crippen LogP contribution in [0.4, 0.5) is 13.2 Å². The molecule has 152 valence electrons. The van der Waals surface area contributed by atoms with E-state index in [1.54, 1.807) is 42.5 Å². The molecule has 1 atom stereocenters. The van der Waals surface area contributed by atoms with E-state index >= 15 is 0 Å². The van der Waals surface area contributed by atoms with Crippen molar-refractivity contribution >= 4 is 41.2 Å². The zero-order chi connectivity index (χ0) is 21.1. The summed E-state index contributed by atoms with van der Waals surface area (Å²) in [6.07, 6.45) is -6.97. The topological polar surface area (TPSA) is 26.3 Å². The Labute approximate surface area is 176 Å². The number of rotatable bonds is 6. The minimum atomic E-state index is -5.03. The van der Waals surface area contributed by atoms with Gasteiger partial charge in [-0.2, -0.15) is 13.2 Å². The van der Waals surface area contributed by atoms with Crippen molar-refractivity contribution < 1.29 is 22.3 Å². The van der Waals surface area contributed by atoms with Gasteiger partial charge >= 0.3 is 6.18 Å². The molecule has 0 heterocycles. The molecule has 0 N–H and O–H groups in total. The Morgan fingerprint density at radius 2 is 1.10 bits per heavy atom. The smallest absolute Gasteiger partial charge is 0.310 e. The fourth-order valence-corrected chi connectivity index (χ4v) is 5.49. The summed E-state index contributed by atoms with van der Waals surface area (Å²) in [6.45, 7) is 0. The average molecular weight is 459 g/mol. The molecular weight excluding hydrogens is 443 g/mol. The van der Waals surface area contributed by atoms with E-state index in [-0.39, 0.29) is 16.2 Å². The number of hydrogen-bond acceptors (Lipinski definition) is 2. The van der Waals surface area contributed by atoms with E-state index in [1.807, 2.05) is 0 Å². The lowest BCUT2D eigenvalue weighted by molar-refractivity contribution is -0.159. The molecule has 2 nitrogen and oxygen atoms in total. The minimum Gasteiger partial charge on any atom is -0.310 e. The second-order valence-corrected chi connectivity index (χ2v) is 9.97. The summed E-state index contributed by atoms with van der Waals surface area (Å²) in [4.78, 5) is 0. The van der Waals surface area contributed by atoms with Crippen LogP contribution in [0.5, 0.6) is 0 Å². The van der Waals surface area contributed by atoms with Crippen LogP contribution in [0, 0.1) is 0 Å². The van der Waals surface area contributed by atoms with Crippen LogP contribution in [0.3, 0.4) is 0 Å². The van der Waals surface area contributed by atoms with E-state index in [4.69, 9.17) is 27.7 Å². The predicted octanol–water partition coefficient (Wildman–Crippen LogP) is 6.41. The Bertz CT molecular complexity index is 938. The summed E-state index contributed by atoms with van der Waals surface area (Å²) in [7, 11) is -3.98. The lowest BCUT2D eigenvalue weighted by Gasteiger charge is -2.34. The normalized spacial score (nSPS) is 13.8. The quantitative estimate of drug-likeness (QED) is 0.315. The van der Waals surface area contributed by atoms with Crippen molar-refractivity contribution in [2.45, 2.75) is 16.6 Å². The van der Waals surface area contributed by atoms with E-state index in [0.29, 0.717) is 0 Å². The van der Waals surface area contributed by atoms with Crippen molar-refractivity contribution in [3.05, 3.63) is 96.6 Å². The molecule has 0 saturated carbocycles. The molecule has 0 saturated heterocycles. The Hall–Kier alpha value is -1.78. The molecule has 0 amide bonds. The van der Waals surface area contributed by atoms with Crippen molar-refractivity contribution in [1.29, 1.82) is 0 Å². The monoisotopic (exact) mass is 458 g/mol. The van der Waals surface area contributed by atoms with Gasteiger partial charge in [-0.1, -0.05) is 89.9 Å². The molecular formula is C21H16Cl2F3O2P. The van der Waals surface area contributed by atoms with Gasteiger partial charge in [-0.15, -0.1) is 0 Å². The zero-order valence-corrected chi connectivity index (χ0v) is 17.3. The maximum Gasteiger partial charge on any atom is 0.424 e. The zero-order valence-electron chi connectivity index (χ0n) is 14.9. The molecule has 0 aliphatic heterocycles. The molecule has 29 heavy (non-hydrogen) atoms. The number of benzene rings is 3. The van der Waals surface area contributed by atoms with E-state index in [0.717, 1.165) is 0 Å². The van der Waals surface area contributed by atoms with Gasteiger partial charge in [-0.25, -0.2) is 0 Å². The fourth-order valence-electron chi connectivity index (χ4n) is 2.78. The highest BCUT2D eigenvalue weighted by Crippen LogP contribution is 2.57. The van der Waals surface area contributed by atoms with Crippen molar-refractivity contribution in [3.63, 3.8) is 0 Å². The van der Waals surface area contributed by atoms with Gasteiger partial charge < -0.3 is 4.52 Å². The predicted molar refractivity (Wildman–Crippen MR) is 111 cm³/mol. The van der Waals surface area contributed by atoms with Crippen LogP contribution in [-0.2, 0) is 9.09 Å². The summed E-state index contributed by atoms with van der Waals surface area (Å²) < 4.78 is 57.6. The highest BCUT2D eigenvalue weighted by atomic mass is 35.5. The van der Waals surface area contributed by atoms with Crippen LogP contribution in [0.1, 0.15) is 11.7 Å². The average Bonchev–Trinajstić information content (AvgIpc) is 2.73. The van der Waals surface area contributed by atoms with E-state index < -0.39 is 24.0 Å².